The van der Waals surface area contributed by atoms with E-state index in [0.29, 0.717) is 42.3 Å². The van der Waals surface area contributed by atoms with E-state index in [1.807, 2.05) is 18.2 Å². The maximum absolute atomic E-state index is 13.1. The lowest BCUT2D eigenvalue weighted by Crippen LogP contribution is -2.33. The second kappa shape index (κ2) is 10.4. The molecule has 34 heavy (non-hydrogen) atoms. The quantitative estimate of drug-likeness (QED) is 0.531. The van der Waals surface area contributed by atoms with Crippen molar-refractivity contribution < 1.29 is 23.8 Å². The first-order chi connectivity index (χ1) is 16.5. The highest BCUT2D eigenvalue weighted by atomic mass is 16.5. The molecule has 1 aliphatic heterocycles. The Labute approximate surface area is 198 Å². The van der Waals surface area contributed by atoms with Crippen molar-refractivity contribution in [2.45, 2.75) is 6.42 Å². The van der Waals surface area contributed by atoms with Gasteiger partial charge in [0, 0.05) is 38.0 Å². The van der Waals surface area contributed by atoms with Crippen LogP contribution in [0.5, 0.6) is 11.5 Å². The van der Waals surface area contributed by atoms with Gasteiger partial charge in [0.25, 0.3) is 5.91 Å². The van der Waals surface area contributed by atoms with Gasteiger partial charge in [0.15, 0.2) is 0 Å². The summed E-state index contributed by atoms with van der Waals surface area (Å²) in [6.45, 7) is 1.22. The Bertz CT molecular complexity index is 1160. The van der Waals surface area contributed by atoms with Gasteiger partial charge in [-0.1, -0.05) is 6.07 Å². The lowest BCUT2D eigenvalue weighted by molar-refractivity contribution is -0.121. The first-order valence-corrected chi connectivity index (χ1v) is 11.0. The third kappa shape index (κ3) is 5.04. The minimum Gasteiger partial charge on any atom is -0.495 e. The number of fused-ring (bicyclic) bond motifs is 1. The number of nitrogens with one attached hydrogen (secondary N) is 2. The number of ether oxygens (including phenoxy) is 3. The number of amides is 2. The van der Waals surface area contributed by atoms with E-state index in [-0.39, 0.29) is 18.4 Å². The molecule has 0 aliphatic carbocycles. The number of anilines is 1. The maximum Gasteiger partial charge on any atom is 0.253 e. The van der Waals surface area contributed by atoms with Crippen LogP contribution in [-0.2, 0) is 16.0 Å². The van der Waals surface area contributed by atoms with Gasteiger partial charge in [0.2, 0.25) is 5.91 Å². The highest BCUT2D eigenvalue weighted by molar-refractivity contribution is 5.96. The molecule has 0 bridgehead atoms. The number of aromatic nitrogens is 2. The molecular formula is C25H28N4O5. The minimum absolute atomic E-state index is 0.103. The van der Waals surface area contributed by atoms with E-state index < -0.39 is 5.92 Å². The predicted molar refractivity (Wildman–Crippen MR) is 127 cm³/mol. The number of rotatable bonds is 8. The third-order valence-corrected chi connectivity index (χ3v) is 5.85. The summed E-state index contributed by atoms with van der Waals surface area (Å²) >= 11 is 0. The van der Waals surface area contributed by atoms with E-state index in [2.05, 4.69) is 15.5 Å². The second-order valence-corrected chi connectivity index (χ2v) is 8.15. The Morgan fingerprint density at radius 2 is 2.06 bits per heavy atom. The zero-order chi connectivity index (χ0) is 24.1. The molecule has 0 fully saturated rings. The molecule has 0 spiro atoms. The van der Waals surface area contributed by atoms with Gasteiger partial charge in [0.1, 0.15) is 18.1 Å². The van der Waals surface area contributed by atoms with Gasteiger partial charge in [-0.05, 0) is 47.9 Å². The van der Waals surface area contributed by atoms with Crippen molar-refractivity contribution in [2.75, 3.05) is 46.3 Å². The SMILES string of the molecule is COCCN(C)C(=O)c1ccc2c(c1)CC(C(=O)Nc1ccc(-c3cn[nH]c3)cc1OC)CO2. The number of benzene rings is 2. The monoisotopic (exact) mass is 464 g/mol. The standard InChI is InChI=1S/C25H28N4O5/c1-29(8-9-32-2)25(31)17-5-7-22-18(10-17)11-19(15-34-22)24(30)28-21-6-4-16(12-23(21)33-3)20-13-26-27-14-20/h4-7,10,12-14,19H,8-9,11,15H2,1-3H3,(H,26,27)(H,28,30). The fourth-order valence-electron chi connectivity index (χ4n) is 3.86. The highest BCUT2D eigenvalue weighted by Gasteiger charge is 2.28. The average Bonchev–Trinajstić information content (AvgIpc) is 3.41. The molecule has 0 radical (unpaired) electrons. The lowest BCUT2D eigenvalue weighted by Gasteiger charge is -2.26. The summed E-state index contributed by atoms with van der Waals surface area (Å²) < 4.78 is 16.4. The van der Waals surface area contributed by atoms with E-state index in [0.717, 1.165) is 16.7 Å². The summed E-state index contributed by atoms with van der Waals surface area (Å²) in [5, 5.41) is 9.71. The molecule has 0 saturated carbocycles. The van der Waals surface area contributed by atoms with E-state index >= 15 is 0 Å². The molecule has 9 nitrogen and oxygen atoms in total. The molecule has 1 aliphatic rings. The molecule has 4 rings (SSSR count). The first kappa shape index (κ1) is 23.3. The summed E-state index contributed by atoms with van der Waals surface area (Å²) in [5.74, 6) is 0.573. The van der Waals surface area contributed by atoms with Crippen LogP contribution < -0.4 is 14.8 Å². The van der Waals surface area contributed by atoms with Crippen LogP contribution in [0.25, 0.3) is 11.1 Å². The fraction of sp³-hybridized carbons (Fsp3) is 0.320. The molecule has 9 heteroatoms. The Kier molecular flexibility index (Phi) is 7.12. The second-order valence-electron chi connectivity index (χ2n) is 8.15. The lowest BCUT2D eigenvalue weighted by atomic mass is 9.94. The van der Waals surface area contributed by atoms with E-state index in [1.165, 1.54) is 0 Å². The van der Waals surface area contributed by atoms with Crippen molar-refractivity contribution in [1.82, 2.24) is 15.1 Å². The van der Waals surface area contributed by atoms with Crippen molar-refractivity contribution in [2.24, 2.45) is 5.92 Å². The van der Waals surface area contributed by atoms with E-state index in [1.54, 1.807) is 56.8 Å². The van der Waals surface area contributed by atoms with Crippen molar-refractivity contribution >= 4 is 17.5 Å². The van der Waals surface area contributed by atoms with Crippen molar-refractivity contribution in [3.8, 4) is 22.6 Å². The van der Waals surface area contributed by atoms with Gasteiger partial charge in [-0.2, -0.15) is 5.10 Å². The predicted octanol–water partition coefficient (Wildman–Crippen LogP) is 2.99. The Balaban J connectivity index is 1.46. The fourth-order valence-corrected chi connectivity index (χ4v) is 3.86. The molecule has 2 heterocycles. The minimum atomic E-state index is -0.401. The van der Waals surface area contributed by atoms with Crippen LogP contribution in [0.3, 0.4) is 0 Å². The number of methoxy groups -OCH3 is 2. The number of carbonyl (C=O) groups is 2. The third-order valence-electron chi connectivity index (χ3n) is 5.85. The number of nitrogens with zero attached hydrogens (tertiary/aromatic N) is 2. The maximum atomic E-state index is 13.1. The summed E-state index contributed by atoms with van der Waals surface area (Å²) in [4.78, 5) is 27.4. The molecule has 2 aromatic carbocycles. The number of carbonyl (C=O) groups excluding carboxylic acids is 2. The average molecular weight is 465 g/mol. The number of likely N-dealkylation sites (N-methyl/N-ethyl adjacent to an activating group) is 1. The largest absolute Gasteiger partial charge is 0.495 e. The van der Waals surface area contributed by atoms with Crippen LogP contribution in [0.4, 0.5) is 5.69 Å². The molecule has 178 valence electrons. The molecule has 1 unspecified atom stereocenters. The van der Waals surface area contributed by atoms with Gasteiger partial charge in [-0.25, -0.2) is 0 Å². The molecule has 2 N–H and O–H groups in total. The number of hydrogen-bond donors (Lipinski definition) is 2. The normalized spacial score (nSPS) is 14.6. The molecule has 3 aromatic rings. The van der Waals surface area contributed by atoms with Crippen molar-refractivity contribution in [3.05, 3.63) is 59.9 Å². The summed E-state index contributed by atoms with van der Waals surface area (Å²) in [7, 11) is 4.90. The molecular weight excluding hydrogens is 436 g/mol. The summed E-state index contributed by atoms with van der Waals surface area (Å²) in [5.41, 5.74) is 3.81. The van der Waals surface area contributed by atoms with Crippen LogP contribution in [-0.4, -0.2) is 67.9 Å². The van der Waals surface area contributed by atoms with Gasteiger partial charge >= 0.3 is 0 Å². The van der Waals surface area contributed by atoms with Crippen LogP contribution in [0.2, 0.25) is 0 Å². The van der Waals surface area contributed by atoms with Gasteiger partial charge in [-0.3, -0.25) is 14.7 Å². The summed E-state index contributed by atoms with van der Waals surface area (Å²) in [6.07, 6.45) is 3.98. The summed E-state index contributed by atoms with van der Waals surface area (Å²) in [6, 6.07) is 10.9. The van der Waals surface area contributed by atoms with Crippen LogP contribution in [0.1, 0.15) is 15.9 Å². The topological polar surface area (TPSA) is 106 Å². The van der Waals surface area contributed by atoms with Crippen LogP contribution in [0, 0.1) is 5.92 Å². The van der Waals surface area contributed by atoms with Gasteiger partial charge in [0.05, 0.1) is 31.5 Å². The molecule has 2 amide bonds. The van der Waals surface area contributed by atoms with Gasteiger partial charge in [-0.15, -0.1) is 0 Å². The van der Waals surface area contributed by atoms with Gasteiger partial charge < -0.3 is 24.4 Å². The first-order valence-electron chi connectivity index (χ1n) is 11.0. The Hall–Kier alpha value is -3.85. The molecule has 1 atom stereocenters. The highest BCUT2D eigenvalue weighted by Crippen LogP contribution is 2.33. The Morgan fingerprint density at radius 3 is 2.79 bits per heavy atom. The van der Waals surface area contributed by atoms with E-state index in [4.69, 9.17) is 14.2 Å². The number of hydrogen-bond acceptors (Lipinski definition) is 6. The zero-order valence-electron chi connectivity index (χ0n) is 19.5. The van der Waals surface area contributed by atoms with Crippen LogP contribution in [0.15, 0.2) is 48.8 Å². The molecule has 1 aromatic heterocycles. The molecule has 0 saturated heterocycles. The van der Waals surface area contributed by atoms with Crippen molar-refractivity contribution in [3.63, 3.8) is 0 Å². The van der Waals surface area contributed by atoms with Crippen molar-refractivity contribution in [1.29, 1.82) is 0 Å². The van der Waals surface area contributed by atoms with E-state index in [9.17, 15) is 9.59 Å². The zero-order valence-corrected chi connectivity index (χ0v) is 19.5. The smallest absolute Gasteiger partial charge is 0.253 e. The van der Waals surface area contributed by atoms with Crippen LogP contribution >= 0.6 is 0 Å². The number of H-pyrrole nitrogens is 1. The Morgan fingerprint density at radius 1 is 1.21 bits per heavy atom. The number of aromatic amines is 1.